The van der Waals surface area contributed by atoms with Crippen LogP contribution in [0, 0.1) is 5.92 Å². The zero-order valence-electron chi connectivity index (χ0n) is 35.7. The van der Waals surface area contributed by atoms with Crippen LogP contribution in [0.3, 0.4) is 0 Å². The fourth-order valence-electron chi connectivity index (χ4n) is 7.09. The van der Waals surface area contributed by atoms with Gasteiger partial charge in [0, 0.05) is 41.3 Å². The number of aromatic nitrogens is 2. The monoisotopic (exact) mass is 865 g/mol. The number of hydrogen-bond acceptors (Lipinski definition) is 7. The fraction of sp³-hybridized carbons (Fsp3) is 0.478. The molecule has 2 heterocycles. The maximum absolute atomic E-state index is 14.1. The van der Waals surface area contributed by atoms with Crippen LogP contribution in [-0.2, 0) is 20.4 Å². The Morgan fingerprint density at radius 1 is 0.898 bits per heavy atom. The Hall–Kier alpha value is -4.25. The van der Waals surface area contributed by atoms with E-state index in [0.717, 1.165) is 31.2 Å². The first-order chi connectivity index (χ1) is 27.9. The summed E-state index contributed by atoms with van der Waals surface area (Å²) in [5.74, 6) is -0.0636. The first kappa shape index (κ1) is 45.8. The van der Waals surface area contributed by atoms with Gasteiger partial charge in [-0.15, -0.1) is 5.10 Å². The van der Waals surface area contributed by atoms with Gasteiger partial charge in [-0.2, -0.15) is 4.68 Å². The van der Waals surface area contributed by atoms with Gasteiger partial charge >= 0.3 is 5.97 Å². The maximum Gasteiger partial charge on any atom is 0.312 e. The van der Waals surface area contributed by atoms with Gasteiger partial charge in [0.1, 0.15) is 17.1 Å². The smallest absolute Gasteiger partial charge is 0.312 e. The van der Waals surface area contributed by atoms with Crippen molar-refractivity contribution in [2.75, 3.05) is 28.6 Å². The first-order valence-corrected chi connectivity index (χ1v) is 21.8. The molecule has 3 aromatic carbocycles. The zero-order valence-corrected chi connectivity index (χ0v) is 38.0. The topological polar surface area (TPSA) is 115 Å². The lowest BCUT2D eigenvalue weighted by atomic mass is 9.76. The normalized spacial score (nSPS) is 15.1. The molecule has 2 unspecified atom stereocenters. The fourth-order valence-corrected chi connectivity index (χ4v) is 8.07. The summed E-state index contributed by atoms with van der Waals surface area (Å²) in [5, 5.41) is 11.4. The number of carbonyl (C=O) groups is 3. The van der Waals surface area contributed by atoms with Crippen molar-refractivity contribution in [3.8, 4) is 17.3 Å². The van der Waals surface area contributed by atoms with Crippen molar-refractivity contribution in [2.45, 2.75) is 124 Å². The highest BCUT2D eigenvalue weighted by Crippen LogP contribution is 2.44. The van der Waals surface area contributed by atoms with E-state index >= 15 is 0 Å². The molecule has 318 valence electrons. The molecule has 2 atom stereocenters. The van der Waals surface area contributed by atoms with Gasteiger partial charge in [-0.1, -0.05) is 115 Å². The van der Waals surface area contributed by atoms with Crippen molar-refractivity contribution in [1.82, 2.24) is 9.78 Å². The van der Waals surface area contributed by atoms with E-state index in [9.17, 15) is 14.4 Å². The van der Waals surface area contributed by atoms with E-state index in [4.69, 9.17) is 49.4 Å². The average molecular weight is 867 g/mol. The van der Waals surface area contributed by atoms with Crippen LogP contribution in [0.2, 0.25) is 15.1 Å². The molecule has 1 saturated heterocycles. The lowest BCUT2D eigenvalue weighted by Gasteiger charge is -2.32. The molecule has 2 N–H and O–H groups in total. The number of esters is 1. The lowest BCUT2D eigenvalue weighted by molar-refractivity contribution is -0.134. The van der Waals surface area contributed by atoms with Crippen LogP contribution < -0.4 is 25.0 Å². The Labute approximate surface area is 364 Å². The van der Waals surface area contributed by atoms with Crippen LogP contribution in [0.4, 0.5) is 17.2 Å². The molecule has 10 nitrogen and oxygen atoms in total. The van der Waals surface area contributed by atoms with Gasteiger partial charge in [-0.25, -0.2) is 0 Å². The quantitative estimate of drug-likeness (QED) is 0.108. The summed E-state index contributed by atoms with van der Waals surface area (Å²) in [4.78, 5) is 43.1. The van der Waals surface area contributed by atoms with Gasteiger partial charge in [-0.3, -0.25) is 14.4 Å². The van der Waals surface area contributed by atoms with Crippen LogP contribution in [0.1, 0.15) is 129 Å². The van der Waals surface area contributed by atoms with E-state index in [1.54, 1.807) is 24.3 Å². The van der Waals surface area contributed by atoms with Gasteiger partial charge in [0.25, 0.3) is 17.7 Å². The molecule has 13 heteroatoms. The van der Waals surface area contributed by atoms with E-state index in [0.29, 0.717) is 54.0 Å². The highest BCUT2D eigenvalue weighted by Gasteiger charge is 2.33. The minimum absolute atomic E-state index is 0.00838. The summed E-state index contributed by atoms with van der Waals surface area (Å²) >= 11 is 19.7. The standard InChI is InChI=1S/C46H58Cl3N5O5/c1-10-16-38(55)59-44-40(53-22-15-17-28(5)27-53)41(52-54(44)39-34(48)25-31(47)26-35(39)49)51-42(56)29-18-14-19-32(23-29)50-43(57)36(11-2)58-37-21-20-30(45(6,7)12-3)24-33(37)46(8,9)13-4/h14,18-21,23-26,28,36H,10-13,15-17,22,27H2,1-9H3,(H,50,57)(H,51,52,56). The first-order valence-electron chi connectivity index (χ1n) is 20.7. The maximum atomic E-state index is 14.1. The number of benzene rings is 3. The number of rotatable bonds is 16. The molecule has 0 aliphatic carbocycles. The third-order valence-electron chi connectivity index (χ3n) is 11.5. The van der Waals surface area contributed by atoms with Crippen LogP contribution in [0.5, 0.6) is 11.6 Å². The molecule has 4 aromatic rings. The highest BCUT2D eigenvalue weighted by atomic mass is 35.5. The summed E-state index contributed by atoms with van der Waals surface area (Å²) in [6.07, 6.45) is 4.15. The van der Waals surface area contributed by atoms with Crippen molar-refractivity contribution >= 4 is 69.8 Å². The predicted molar refractivity (Wildman–Crippen MR) is 241 cm³/mol. The Kier molecular flexibility index (Phi) is 15.1. The summed E-state index contributed by atoms with van der Waals surface area (Å²) < 4.78 is 13.9. The minimum atomic E-state index is -0.789. The van der Waals surface area contributed by atoms with Crippen molar-refractivity contribution in [3.05, 3.63) is 86.4 Å². The van der Waals surface area contributed by atoms with E-state index in [1.807, 2.05) is 19.9 Å². The molecule has 5 rings (SSSR count). The average Bonchev–Trinajstić information content (AvgIpc) is 3.52. The second-order valence-corrected chi connectivity index (χ2v) is 18.0. The molecule has 1 aliphatic rings. The molecule has 0 radical (unpaired) electrons. The molecule has 1 aliphatic heterocycles. The third kappa shape index (κ3) is 10.7. The largest absolute Gasteiger partial charge is 0.480 e. The third-order valence-corrected chi connectivity index (χ3v) is 12.3. The zero-order chi connectivity index (χ0) is 43.2. The van der Waals surface area contributed by atoms with Crippen molar-refractivity contribution in [1.29, 1.82) is 0 Å². The molecule has 1 aromatic heterocycles. The van der Waals surface area contributed by atoms with Crippen molar-refractivity contribution in [2.24, 2.45) is 5.92 Å². The SMILES string of the molecule is CCCC(=O)Oc1c(N2CCCC(C)C2)c(NC(=O)c2cccc(NC(=O)C(CC)Oc3ccc(C(C)(C)CC)cc3C(C)(C)CC)c2)nn1-c1c(Cl)cc(Cl)cc1Cl. The molecule has 0 bridgehead atoms. The lowest BCUT2D eigenvalue weighted by Crippen LogP contribution is -2.35. The number of nitrogens with one attached hydrogen (secondary N) is 2. The van der Waals surface area contributed by atoms with Crippen LogP contribution >= 0.6 is 34.8 Å². The van der Waals surface area contributed by atoms with Crippen molar-refractivity contribution in [3.63, 3.8) is 0 Å². The number of amides is 2. The molecular formula is C46H58Cl3N5O5. The van der Waals surface area contributed by atoms with Gasteiger partial charge < -0.3 is 25.0 Å². The van der Waals surface area contributed by atoms with E-state index in [-0.39, 0.29) is 56.2 Å². The van der Waals surface area contributed by atoms with Crippen LogP contribution in [0.15, 0.2) is 54.6 Å². The van der Waals surface area contributed by atoms with Gasteiger partial charge in [0.15, 0.2) is 11.9 Å². The molecule has 1 fully saturated rings. The Morgan fingerprint density at radius 2 is 1.59 bits per heavy atom. The summed E-state index contributed by atoms with van der Waals surface area (Å²) in [6.45, 7) is 20.4. The number of nitrogens with zero attached hydrogens (tertiary/aromatic N) is 3. The van der Waals surface area contributed by atoms with E-state index < -0.39 is 18.0 Å². The van der Waals surface area contributed by atoms with Gasteiger partial charge in [0.2, 0.25) is 0 Å². The second-order valence-electron chi connectivity index (χ2n) is 16.8. The van der Waals surface area contributed by atoms with E-state index in [2.05, 4.69) is 76.1 Å². The summed E-state index contributed by atoms with van der Waals surface area (Å²) in [5.41, 5.74) is 3.46. The van der Waals surface area contributed by atoms with Crippen molar-refractivity contribution < 1.29 is 23.9 Å². The molecule has 0 saturated carbocycles. The molecule has 0 spiro atoms. The number of piperidine rings is 1. The summed E-state index contributed by atoms with van der Waals surface area (Å²) in [7, 11) is 0. The highest BCUT2D eigenvalue weighted by molar-refractivity contribution is 6.40. The second kappa shape index (κ2) is 19.4. The number of hydrogen-bond donors (Lipinski definition) is 2. The number of carbonyl (C=O) groups excluding carboxylic acids is 3. The number of halogens is 3. The minimum Gasteiger partial charge on any atom is -0.480 e. The van der Waals surface area contributed by atoms with Crippen LogP contribution in [0.25, 0.3) is 5.69 Å². The molecule has 2 amide bonds. The van der Waals surface area contributed by atoms with E-state index in [1.165, 1.54) is 22.4 Å². The number of anilines is 3. The number of ether oxygens (including phenoxy) is 2. The summed E-state index contributed by atoms with van der Waals surface area (Å²) in [6, 6.07) is 16.0. The van der Waals surface area contributed by atoms with Gasteiger partial charge in [0.05, 0.1) is 10.0 Å². The molecular weight excluding hydrogens is 809 g/mol. The molecule has 59 heavy (non-hydrogen) atoms. The van der Waals surface area contributed by atoms with Gasteiger partial charge in [-0.05, 0) is 97.2 Å². The Morgan fingerprint density at radius 3 is 2.22 bits per heavy atom. The predicted octanol–water partition coefficient (Wildman–Crippen LogP) is 12.2. The van der Waals surface area contributed by atoms with Crippen LogP contribution in [-0.4, -0.2) is 46.8 Å². The Bertz CT molecular complexity index is 2140. The Balaban J connectivity index is 1.46.